The van der Waals surface area contributed by atoms with Crippen molar-refractivity contribution in [3.05, 3.63) is 51.9 Å². The Morgan fingerprint density at radius 1 is 1.30 bits per heavy atom. The molecule has 1 amide bonds. The van der Waals surface area contributed by atoms with Crippen molar-refractivity contribution in [2.45, 2.75) is 43.2 Å². The quantitative estimate of drug-likeness (QED) is 0.632. The van der Waals surface area contributed by atoms with E-state index >= 15 is 0 Å². The summed E-state index contributed by atoms with van der Waals surface area (Å²) in [6.45, 7) is 0. The van der Waals surface area contributed by atoms with Gasteiger partial charge in [0.2, 0.25) is 5.91 Å². The van der Waals surface area contributed by atoms with E-state index in [1.807, 2.05) is 36.4 Å². The summed E-state index contributed by atoms with van der Waals surface area (Å²) >= 11 is 1.20. The highest BCUT2D eigenvalue weighted by molar-refractivity contribution is 7.99. The lowest BCUT2D eigenvalue weighted by Crippen LogP contribution is -2.28. The first-order valence-electron chi connectivity index (χ1n) is 9.09. The molecule has 0 radical (unpaired) electrons. The third kappa shape index (κ3) is 4.58. The number of hydrogen-bond donors (Lipinski definition) is 1. The van der Waals surface area contributed by atoms with Crippen LogP contribution < -0.4 is 10.5 Å². The van der Waals surface area contributed by atoms with E-state index in [-0.39, 0.29) is 23.1 Å². The lowest BCUT2D eigenvalue weighted by molar-refractivity contribution is -0.115. The number of thioether (sulfide) groups is 1. The fourth-order valence-electron chi connectivity index (χ4n) is 3.34. The highest BCUT2D eigenvalue weighted by atomic mass is 32.2. The van der Waals surface area contributed by atoms with Gasteiger partial charge in [0.25, 0.3) is 5.56 Å². The number of para-hydroxylation sites is 1. The van der Waals surface area contributed by atoms with Crippen LogP contribution in [0.1, 0.15) is 49.3 Å². The first kappa shape index (κ1) is 19.2. The Balaban J connectivity index is 1.75. The number of carbonyl (C=O) groups is 1. The maximum atomic E-state index is 12.4. The van der Waals surface area contributed by atoms with Crippen LogP contribution in [-0.2, 0) is 4.79 Å². The zero-order valence-corrected chi connectivity index (χ0v) is 16.1. The second-order valence-corrected chi connectivity index (χ2v) is 7.62. The lowest BCUT2D eigenvalue weighted by Gasteiger charge is -2.22. The molecule has 0 bridgehead atoms. The van der Waals surface area contributed by atoms with Crippen LogP contribution in [0.2, 0.25) is 0 Å². The lowest BCUT2D eigenvalue weighted by atomic mass is 9.85. The van der Waals surface area contributed by atoms with E-state index in [9.17, 15) is 14.9 Å². The van der Waals surface area contributed by atoms with Gasteiger partial charge in [-0.1, -0.05) is 49.2 Å². The summed E-state index contributed by atoms with van der Waals surface area (Å²) < 4.78 is 0. The SMILES string of the molecule is CN(C(=O)CSc1nc(C2CCCCC2)c(C#N)c(=O)[nH]1)c1ccccc1. The van der Waals surface area contributed by atoms with Gasteiger partial charge in [0, 0.05) is 18.7 Å². The molecule has 6 nitrogen and oxygen atoms in total. The van der Waals surface area contributed by atoms with Gasteiger partial charge in [-0.25, -0.2) is 4.98 Å². The molecule has 1 aliphatic rings. The number of nitrogens with zero attached hydrogens (tertiary/aromatic N) is 3. The average Bonchev–Trinajstić information content (AvgIpc) is 2.72. The van der Waals surface area contributed by atoms with Gasteiger partial charge in [-0.3, -0.25) is 9.59 Å². The van der Waals surface area contributed by atoms with E-state index in [0.29, 0.717) is 10.9 Å². The monoisotopic (exact) mass is 382 g/mol. The number of anilines is 1. The molecule has 140 valence electrons. The molecule has 1 aromatic carbocycles. The predicted octanol–water partition coefficient (Wildman–Crippen LogP) is 3.44. The third-order valence-corrected chi connectivity index (χ3v) is 5.74. The number of carbonyl (C=O) groups excluding carboxylic acids is 1. The van der Waals surface area contributed by atoms with Crippen molar-refractivity contribution in [3.8, 4) is 6.07 Å². The average molecular weight is 382 g/mol. The van der Waals surface area contributed by atoms with Gasteiger partial charge < -0.3 is 9.88 Å². The van der Waals surface area contributed by atoms with Crippen LogP contribution in [0.5, 0.6) is 0 Å². The molecule has 3 rings (SSSR count). The second kappa shape index (κ2) is 8.87. The van der Waals surface area contributed by atoms with E-state index in [0.717, 1.165) is 31.4 Å². The van der Waals surface area contributed by atoms with Gasteiger partial charge in [-0.2, -0.15) is 5.26 Å². The zero-order chi connectivity index (χ0) is 19.2. The molecule has 0 unspecified atom stereocenters. The van der Waals surface area contributed by atoms with Crippen molar-refractivity contribution in [1.82, 2.24) is 9.97 Å². The molecule has 1 aliphatic carbocycles. The van der Waals surface area contributed by atoms with Crippen LogP contribution >= 0.6 is 11.8 Å². The Hall–Kier alpha value is -2.59. The normalized spacial score (nSPS) is 14.5. The van der Waals surface area contributed by atoms with E-state index in [4.69, 9.17) is 0 Å². The van der Waals surface area contributed by atoms with Crippen LogP contribution in [-0.4, -0.2) is 28.7 Å². The number of nitrogens with one attached hydrogen (secondary N) is 1. The molecule has 0 spiro atoms. The summed E-state index contributed by atoms with van der Waals surface area (Å²) in [7, 11) is 1.72. The number of aromatic nitrogens is 2. The molecule has 1 fully saturated rings. The van der Waals surface area contributed by atoms with Crippen molar-refractivity contribution in [2.75, 3.05) is 17.7 Å². The largest absolute Gasteiger partial charge is 0.315 e. The highest BCUT2D eigenvalue weighted by Gasteiger charge is 2.23. The molecule has 0 atom stereocenters. The topological polar surface area (TPSA) is 89.8 Å². The second-order valence-electron chi connectivity index (χ2n) is 6.66. The number of rotatable bonds is 5. The first-order valence-corrected chi connectivity index (χ1v) is 10.1. The summed E-state index contributed by atoms with van der Waals surface area (Å²) in [6, 6.07) is 11.4. The van der Waals surface area contributed by atoms with Crippen LogP contribution in [0.4, 0.5) is 5.69 Å². The molecular weight excluding hydrogens is 360 g/mol. The van der Waals surface area contributed by atoms with Crippen molar-refractivity contribution in [2.24, 2.45) is 0 Å². The Bertz CT molecular complexity index is 898. The molecule has 1 heterocycles. The molecule has 1 saturated carbocycles. The Morgan fingerprint density at radius 2 is 2.00 bits per heavy atom. The maximum absolute atomic E-state index is 12.4. The minimum Gasteiger partial charge on any atom is -0.315 e. The molecule has 0 saturated heterocycles. The number of nitriles is 1. The fraction of sp³-hybridized carbons (Fsp3) is 0.400. The van der Waals surface area contributed by atoms with E-state index in [1.54, 1.807) is 11.9 Å². The van der Waals surface area contributed by atoms with Crippen LogP contribution in [0.25, 0.3) is 0 Å². The molecule has 0 aliphatic heterocycles. The van der Waals surface area contributed by atoms with Crippen molar-refractivity contribution in [1.29, 1.82) is 5.26 Å². The summed E-state index contributed by atoms with van der Waals surface area (Å²) in [5.41, 5.74) is 1.10. The zero-order valence-electron chi connectivity index (χ0n) is 15.3. The molecular formula is C20H22N4O2S. The van der Waals surface area contributed by atoms with Gasteiger partial charge >= 0.3 is 0 Å². The van der Waals surface area contributed by atoms with E-state index < -0.39 is 5.56 Å². The van der Waals surface area contributed by atoms with Gasteiger partial charge in [-0.05, 0) is 25.0 Å². The summed E-state index contributed by atoms with van der Waals surface area (Å²) in [5.74, 6) is 0.222. The number of benzene rings is 1. The van der Waals surface area contributed by atoms with Crippen molar-refractivity contribution in [3.63, 3.8) is 0 Å². The summed E-state index contributed by atoms with van der Waals surface area (Å²) in [4.78, 5) is 33.5. The van der Waals surface area contributed by atoms with E-state index in [2.05, 4.69) is 9.97 Å². The summed E-state index contributed by atoms with van der Waals surface area (Å²) in [5, 5.41) is 9.76. The molecule has 7 heteroatoms. The third-order valence-electron chi connectivity index (χ3n) is 4.88. The van der Waals surface area contributed by atoms with Gasteiger partial charge in [0.1, 0.15) is 11.6 Å². The fourth-order valence-corrected chi connectivity index (χ4v) is 4.12. The summed E-state index contributed by atoms with van der Waals surface area (Å²) in [6.07, 6.45) is 5.26. The molecule has 1 N–H and O–H groups in total. The van der Waals surface area contributed by atoms with Crippen molar-refractivity contribution >= 4 is 23.4 Å². The smallest absolute Gasteiger partial charge is 0.269 e. The first-order chi connectivity index (χ1) is 13.1. The minimum atomic E-state index is -0.417. The maximum Gasteiger partial charge on any atom is 0.269 e. The van der Waals surface area contributed by atoms with Gasteiger partial charge in [-0.15, -0.1) is 0 Å². The number of amides is 1. The van der Waals surface area contributed by atoms with Gasteiger partial charge in [0.15, 0.2) is 5.16 Å². The highest BCUT2D eigenvalue weighted by Crippen LogP contribution is 2.33. The predicted molar refractivity (Wildman–Crippen MR) is 106 cm³/mol. The molecule has 1 aromatic heterocycles. The van der Waals surface area contributed by atoms with Crippen molar-refractivity contribution < 1.29 is 4.79 Å². The Kier molecular flexibility index (Phi) is 6.30. The minimum absolute atomic E-state index is 0.0857. The van der Waals surface area contributed by atoms with Crippen LogP contribution in [0, 0.1) is 11.3 Å². The Labute approximate surface area is 162 Å². The standard InChI is InChI=1S/C20H22N4O2S/c1-24(15-10-6-3-7-11-15)17(25)13-27-20-22-18(14-8-4-2-5-9-14)16(12-21)19(26)23-20/h3,6-7,10-11,14H,2,4-5,8-9,13H2,1H3,(H,22,23,26). The van der Waals surface area contributed by atoms with E-state index in [1.165, 1.54) is 18.2 Å². The number of aromatic amines is 1. The number of H-pyrrole nitrogens is 1. The Morgan fingerprint density at radius 3 is 2.67 bits per heavy atom. The molecule has 27 heavy (non-hydrogen) atoms. The number of hydrogen-bond acceptors (Lipinski definition) is 5. The van der Waals surface area contributed by atoms with Crippen LogP contribution in [0.15, 0.2) is 40.3 Å². The molecule has 2 aromatic rings. The van der Waals surface area contributed by atoms with Crippen LogP contribution in [0.3, 0.4) is 0 Å². The van der Waals surface area contributed by atoms with Gasteiger partial charge in [0.05, 0.1) is 11.4 Å².